The van der Waals surface area contributed by atoms with Crippen LogP contribution >= 0.6 is 0 Å². The maximum atomic E-state index is 13.5. The molecule has 0 radical (unpaired) electrons. The van der Waals surface area contributed by atoms with E-state index in [0.717, 1.165) is 0 Å². The van der Waals surface area contributed by atoms with E-state index in [1.165, 1.54) is 4.90 Å². The molecule has 0 unspecified atom stereocenters. The van der Waals surface area contributed by atoms with Crippen LogP contribution in [0.3, 0.4) is 0 Å². The van der Waals surface area contributed by atoms with Crippen LogP contribution < -0.4 is 27.0 Å². The summed E-state index contributed by atoms with van der Waals surface area (Å²) in [6.07, 6.45) is 0.337. The van der Waals surface area contributed by atoms with Gasteiger partial charge in [-0.3, -0.25) is 28.8 Å². The van der Waals surface area contributed by atoms with E-state index in [4.69, 9.17) is 5.73 Å². The molecule has 0 bridgehead atoms. The third-order valence-corrected chi connectivity index (χ3v) is 7.76. The van der Waals surface area contributed by atoms with E-state index in [1.807, 2.05) is 13.8 Å². The maximum Gasteiger partial charge on any atom is 0.326 e. The molecule has 1 aliphatic rings. The molecule has 1 saturated heterocycles. The van der Waals surface area contributed by atoms with Crippen molar-refractivity contribution in [1.82, 2.24) is 26.2 Å². The smallest absolute Gasteiger partial charge is 0.326 e. The van der Waals surface area contributed by atoms with Crippen LogP contribution in [0.25, 0.3) is 0 Å². The van der Waals surface area contributed by atoms with Crippen molar-refractivity contribution < 1.29 is 43.8 Å². The lowest BCUT2D eigenvalue weighted by Crippen LogP contribution is -2.60. The number of rotatable bonds is 18. The minimum absolute atomic E-state index is 0.0659. The first kappa shape index (κ1) is 40.3. The SMILES string of the molecule is CC(C)C[C@H](NC(=O)[C@H](CC(=O)O)NC(=O)[C@@H]1CCCN1C(=O)[C@@H](N)C(C)C)C(=O)N[C@@H](CC(C)C)C(=O)N[C@H](C(=O)O)C(C)C. The third kappa shape index (κ3) is 12.6. The molecule has 6 atom stereocenters. The Kier molecular flexibility index (Phi) is 16.1. The second-order valence-electron chi connectivity index (χ2n) is 13.6. The van der Waals surface area contributed by atoms with Crippen LogP contribution in [0.2, 0.25) is 0 Å². The first-order valence-corrected chi connectivity index (χ1v) is 16.0. The number of nitrogens with two attached hydrogens (primary N) is 1. The quantitative estimate of drug-likeness (QED) is 0.106. The van der Waals surface area contributed by atoms with Crippen molar-refractivity contribution in [2.45, 2.75) is 124 Å². The Morgan fingerprint density at radius 1 is 0.717 bits per heavy atom. The minimum atomic E-state index is -1.57. The first-order chi connectivity index (χ1) is 21.3. The minimum Gasteiger partial charge on any atom is -0.481 e. The van der Waals surface area contributed by atoms with Crippen molar-refractivity contribution in [2.75, 3.05) is 6.54 Å². The molecule has 0 spiro atoms. The fourth-order valence-electron chi connectivity index (χ4n) is 5.15. The molecule has 8 N–H and O–H groups in total. The number of hydrogen-bond donors (Lipinski definition) is 7. The highest BCUT2D eigenvalue weighted by Gasteiger charge is 2.39. The lowest BCUT2D eigenvalue weighted by molar-refractivity contribution is -0.144. The summed E-state index contributed by atoms with van der Waals surface area (Å²) in [6, 6.07) is -6.84. The lowest BCUT2D eigenvalue weighted by Gasteiger charge is -2.30. The highest BCUT2D eigenvalue weighted by molar-refractivity contribution is 5.97. The predicted molar refractivity (Wildman–Crippen MR) is 169 cm³/mol. The predicted octanol–water partition coefficient (Wildman–Crippen LogP) is 0.207. The number of hydrogen-bond acceptors (Lipinski definition) is 8. The molecule has 0 aromatic heterocycles. The number of carbonyl (C=O) groups is 7. The summed E-state index contributed by atoms with van der Waals surface area (Å²) in [5.41, 5.74) is 6.02. The van der Waals surface area contributed by atoms with Crippen LogP contribution in [0.1, 0.15) is 87.5 Å². The molecule has 1 aliphatic heterocycles. The highest BCUT2D eigenvalue weighted by Crippen LogP contribution is 2.20. The van der Waals surface area contributed by atoms with Gasteiger partial charge in [-0.05, 0) is 49.4 Å². The number of nitrogens with zero attached hydrogens (tertiary/aromatic N) is 1. The number of carboxylic acid groups (broad SMARTS) is 2. The summed E-state index contributed by atoms with van der Waals surface area (Å²) in [6.45, 7) is 14.4. The number of nitrogens with one attached hydrogen (secondary N) is 4. The zero-order valence-electron chi connectivity index (χ0n) is 28.3. The van der Waals surface area contributed by atoms with Crippen LogP contribution in [-0.4, -0.2) is 99.4 Å². The standard InChI is InChI=1S/C31H54N6O9/c1-15(2)12-19(26(40)34-20(13-16(3)4)28(42)36-25(18(7)8)31(45)46)33-27(41)21(14-23(38)39)35-29(43)22-10-9-11-37(22)30(44)24(32)17(5)6/h15-22,24-25H,9-14,32H2,1-8H3,(H,33,41)(H,34,40)(H,35,43)(H,36,42)(H,38,39)(H,45,46)/t19-,20-,21-,22-,24-,25-/m0/s1. The molecule has 0 aromatic carbocycles. The van der Waals surface area contributed by atoms with Crippen LogP contribution in [0, 0.1) is 23.7 Å². The molecule has 0 aromatic rings. The monoisotopic (exact) mass is 654 g/mol. The van der Waals surface area contributed by atoms with Crippen molar-refractivity contribution in [1.29, 1.82) is 0 Å². The van der Waals surface area contributed by atoms with Crippen LogP contribution in [0.5, 0.6) is 0 Å². The molecule has 15 heteroatoms. The molecule has 262 valence electrons. The maximum absolute atomic E-state index is 13.5. The van der Waals surface area contributed by atoms with E-state index in [0.29, 0.717) is 19.4 Å². The molecule has 46 heavy (non-hydrogen) atoms. The summed E-state index contributed by atoms with van der Waals surface area (Å²) in [5, 5.41) is 29.1. The Morgan fingerprint density at radius 2 is 1.20 bits per heavy atom. The van der Waals surface area contributed by atoms with Crippen molar-refractivity contribution in [2.24, 2.45) is 29.4 Å². The summed E-state index contributed by atoms with van der Waals surface area (Å²) in [5.74, 6) is -6.85. The normalized spacial score (nSPS) is 18.1. The highest BCUT2D eigenvalue weighted by atomic mass is 16.4. The fourth-order valence-corrected chi connectivity index (χ4v) is 5.15. The van der Waals surface area contributed by atoms with Crippen molar-refractivity contribution >= 4 is 41.5 Å². The van der Waals surface area contributed by atoms with Crippen LogP contribution in [0.4, 0.5) is 0 Å². The van der Waals surface area contributed by atoms with Gasteiger partial charge in [-0.2, -0.15) is 0 Å². The Hall–Kier alpha value is -3.75. The van der Waals surface area contributed by atoms with Gasteiger partial charge in [0.05, 0.1) is 12.5 Å². The Balaban J connectivity index is 3.19. The number of carboxylic acids is 2. The average molecular weight is 655 g/mol. The molecule has 1 rings (SSSR count). The number of carbonyl (C=O) groups excluding carboxylic acids is 5. The van der Waals surface area contributed by atoms with Crippen LogP contribution in [0.15, 0.2) is 0 Å². The Bertz CT molecular complexity index is 1110. The van der Waals surface area contributed by atoms with Gasteiger partial charge in [-0.25, -0.2) is 4.79 Å². The molecule has 1 fully saturated rings. The number of aliphatic carboxylic acids is 2. The fraction of sp³-hybridized carbons (Fsp3) is 0.774. The van der Waals surface area contributed by atoms with E-state index in [9.17, 15) is 43.8 Å². The van der Waals surface area contributed by atoms with Crippen molar-refractivity contribution in [3.8, 4) is 0 Å². The zero-order chi connectivity index (χ0) is 35.5. The molecular formula is C31H54N6O9. The van der Waals surface area contributed by atoms with E-state index in [-0.39, 0.29) is 30.6 Å². The van der Waals surface area contributed by atoms with Gasteiger partial charge in [-0.1, -0.05) is 55.4 Å². The second-order valence-corrected chi connectivity index (χ2v) is 13.6. The van der Waals surface area contributed by atoms with Gasteiger partial charge in [-0.15, -0.1) is 0 Å². The first-order valence-electron chi connectivity index (χ1n) is 16.0. The Morgan fingerprint density at radius 3 is 1.61 bits per heavy atom. The van der Waals surface area contributed by atoms with Gasteiger partial charge in [0.1, 0.15) is 30.2 Å². The second kappa shape index (κ2) is 18.4. The van der Waals surface area contributed by atoms with Crippen molar-refractivity contribution in [3.05, 3.63) is 0 Å². The Labute approximate surface area is 271 Å². The van der Waals surface area contributed by atoms with Gasteiger partial charge < -0.3 is 42.1 Å². The largest absolute Gasteiger partial charge is 0.481 e. The molecular weight excluding hydrogens is 600 g/mol. The van der Waals surface area contributed by atoms with Gasteiger partial charge >= 0.3 is 11.9 Å². The number of amides is 5. The third-order valence-electron chi connectivity index (χ3n) is 7.76. The van der Waals surface area contributed by atoms with E-state index in [2.05, 4.69) is 21.3 Å². The average Bonchev–Trinajstić information content (AvgIpc) is 3.42. The summed E-state index contributed by atoms with van der Waals surface area (Å²) in [7, 11) is 0. The topological polar surface area (TPSA) is 237 Å². The van der Waals surface area contributed by atoms with E-state index in [1.54, 1.807) is 41.5 Å². The molecule has 5 amide bonds. The van der Waals surface area contributed by atoms with E-state index < -0.39 is 90.1 Å². The molecule has 15 nitrogen and oxygen atoms in total. The van der Waals surface area contributed by atoms with Gasteiger partial charge in [0.2, 0.25) is 29.5 Å². The zero-order valence-corrected chi connectivity index (χ0v) is 28.3. The molecule has 0 aliphatic carbocycles. The molecule has 0 saturated carbocycles. The number of likely N-dealkylation sites (tertiary alicyclic amines) is 1. The van der Waals surface area contributed by atoms with Gasteiger partial charge in [0.25, 0.3) is 0 Å². The van der Waals surface area contributed by atoms with E-state index >= 15 is 0 Å². The van der Waals surface area contributed by atoms with Gasteiger partial charge in [0, 0.05) is 6.54 Å². The summed E-state index contributed by atoms with van der Waals surface area (Å²) in [4.78, 5) is 90.9. The van der Waals surface area contributed by atoms with Gasteiger partial charge in [0.15, 0.2) is 0 Å². The lowest BCUT2D eigenvalue weighted by atomic mass is 9.98. The molecule has 1 heterocycles. The summed E-state index contributed by atoms with van der Waals surface area (Å²) >= 11 is 0. The van der Waals surface area contributed by atoms with Crippen LogP contribution in [-0.2, 0) is 33.6 Å². The van der Waals surface area contributed by atoms with Crippen molar-refractivity contribution in [3.63, 3.8) is 0 Å². The summed E-state index contributed by atoms with van der Waals surface area (Å²) < 4.78 is 0.